The van der Waals surface area contributed by atoms with E-state index in [1.165, 1.54) is 18.2 Å². The van der Waals surface area contributed by atoms with Gasteiger partial charge in [0.1, 0.15) is 5.82 Å². The van der Waals surface area contributed by atoms with Gasteiger partial charge in [-0.15, -0.1) is 0 Å². The fraction of sp³-hybridized carbons (Fsp3) is 0.344. The van der Waals surface area contributed by atoms with Gasteiger partial charge in [-0.1, -0.05) is 18.2 Å². The zero-order valence-corrected chi connectivity index (χ0v) is 24.1. The summed E-state index contributed by atoms with van der Waals surface area (Å²) < 4.78 is 24.6. The maximum Gasteiger partial charge on any atom is 0.248 e. The van der Waals surface area contributed by atoms with E-state index in [2.05, 4.69) is 25.8 Å². The molecule has 0 spiro atoms. The molecule has 2 aromatic carbocycles. The minimum absolute atomic E-state index is 0.0929. The Morgan fingerprint density at radius 3 is 2.45 bits per heavy atom. The van der Waals surface area contributed by atoms with Crippen LogP contribution < -0.4 is 16.0 Å². The summed E-state index contributed by atoms with van der Waals surface area (Å²) in [6.07, 6.45) is 4.22. The molecule has 2 saturated heterocycles. The van der Waals surface area contributed by atoms with Crippen LogP contribution in [0.1, 0.15) is 37.9 Å². The molecule has 0 saturated carbocycles. The molecule has 0 radical (unpaired) electrons. The van der Waals surface area contributed by atoms with E-state index in [1.54, 1.807) is 24.4 Å². The van der Waals surface area contributed by atoms with Gasteiger partial charge in [-0.05, 0) is 81.9 Å². The highest BCUT2D eigenvalue weighted by Crippen LogP contribution is 2.33. The van der Waals surface area contributed by atoms with Crippen LogP contribution in [0, 0.1) is 11.7 Å². The first-order chi connectivity index (χ1) is 20.0. The molecule has 9 nitrogen and oxygen atoms in total. The van der Waals surface area contributed by atoms with Crippen molar-refractivity contribution in [1.82, 2.24) is 9.88 Å². The highest BCUT2D eigenvalue weighted by atomic mass is 19.1. The minimum Gasteiger partial charge on any atom is -0.354 e. The van der Waals surface area contributed by atoms with Gasteiger partial charge in [0.2, 0.25) is 18.1 Å². The maximum atomic E-state index is 13.2. The first-order valence-corrected chi connectivity index (χ1v) is 13.9. The summed E-state index contributed by atoms with van der Waals surface area (Å²) in [7, 11) is 1.97. The quantitative estimate of drug-likeness (QED) is 0.242. The van der Waals surface area contributed by atoms with Crippen molar-refractivity contribution < 1.29 is 23.5 Å². The molecule has 2 amide bonds. The number of pyridine rings is 1. The number of carbonyl (C=O) groups excluding carboxylic acids is 2. The summed E-state index contributed by atoms with van der Waals surface area (Å²) in [5.74, 6) is -1.16. The SMILES string of the molecule is CN1CC(C(=O)Nc2ccc(F)cc2)C(c2ccc(C=CC(=O)Nc3ccccc3NC3OC3OC(C)(C)C)cn2)C1. The third-order valence-corrected chi connectivity index (χ3v) is 6.97. The number of amides is 2. The third kappa shape index (κ3) is 7.79. The molecule has 4 unspecified atom stereocenters. The van der Waals surface area contributed by atoms with Gasteiger partial charge in [0.15, 0.2) is 6.23 Å². The molecule has 1 aromatic heterocycles. The van der Waals surface area contributed by atoms with Gasteiger partial charge in [-0.2, -0.15) is 0 Å². The number of carbonyl (C=O) groups is 2. The number of epoxide rings is 1. The Morgan fingerprint density at radius 2 is 1.76 bits per heavy atom. The van der Waals surface area contributed by atoms with E-state index < -0.39 is 0 Å². The van der Waals surface area contributed by atoms with Crippen LogP contribution in [-0.2, 0) is 19.1 Å². The van der Waals surface area contributed by atoms with Crippen molar-refractivity contribution >= 4 is 35.0 Å². The molecule has 3 heterocycles. The lowest BCUT2D eigenvalue weighted by molar-refractivity contribution is -0.120. The number of likely N-dealkylation sites (tertiary alicyclic amines) is 1. The Hall–Kier alpha value is -4.12. The fourth-order valence-corrected chi connectivity index (χ4v) is 4.93. The maximum absolute atomic E-state index is 13.2. The first-order valence-electron chi connectivity index (χ1n) is 13.9. The number of ether oxygens (including phenoxy) is 2. The molecule has 2 aliphatic heterocycles. The zero-order chi connectivity index (χ0) is 29.9. The number of benzene rings is 2. The van der Waals surface area contributed by atoms with Crippen LogP contribution >= 0.6 is 0 Å². The van der Waals surface area contributed by atoms with Crippen LogP contribution in [0.25, 0.3) is 6.08 Å². The molecule has 3 aromatic rings. The average molecular weight is 574 g/mol. The molecule has 0 aliphatic carbocycles. The van der Waals surface area contributed by atoms with Crippen molar-refractivity contribution in [2.75, 3.05) is 36.1 Å². The van der Waals surface area contributed by atoms with Crippen LogP contribution in [0.2, 0.25) is 0 Å². The van der Waals surface area contributed by atoms with E-state index in [4.69, 9.17) is 9.47 Å². The van der Waals surface area contributed by atoms with Crippen molar-refractivity contribution in [3.05, 3.63) is 90.0 Å². The summed E-state index contributed by atoms with van der Waals surface area (Å²) in [4.78, 5) is 32.5. The smallest absolute Gasteiger partial charge is 0.248 e. The van der Waals surface area contributed by atoms with E-state index in [1.807, 2.05) is 64.2 Å². The number of nitrogens with zero attached hydrogens (tertiary/aromatic N) is 2. The Labute approximate surface area is 245 Å². The molecular weight excluding hydrogens is 537 g/mol. The average Bonchev–Trinajstić information content (AvgIpc) is 3.52. The van der Waals surface area contributed by atoms with Gasteiger partial charge >= 0.3 is 0 Å². The number of para-hydroxylation sites is 2. The topological polar surface area (TPSA) is 108 Å². The van der Waals surface area contributed by atoms with E-state index in [-0.39, 0.29) is 47.6 Å². The molecule has 2 fully saturated rings. The number of nitrogens with one attached hydrogen (secondary N) is 3. The lowest BCUT2D eigenvalue weighted by Gasteiger charge is -2.18. The van der Waals surface area contributed by atoms with Gasteiger partial charge < -0.3 is 30.3 Å². The highest BCUT2D eigenvalue weighted by Gasteiger charge is 2.43. The van der Waals surface area contributed by atoms with Crippen LogP contribution in [0.3, 0.4) is 0 Å². The number of halogens is 1. The first kappa shape index (κ1) is 29.4. The van der Waals surface area contributed by atoms with Crippen molar-refractivity contribution in [3.8, 4) is 0 Å². The summed E-state index contributed by atoms with van der Waals surface area (Å²) >= 11 is 0. The summed E-state index contributed by atoms with van der Waals surface area (Å²) in [6.45, 7) is 7.19. The van der Waals surface area contributed by atoms with E-state index in [0.29, 0.717) is 24.5 Å². The largest absolute Gasteiger partial charge is 0.354 e. The molecule has 10 heteroatoms. The van der Waals surface area contributed by atoms with Gasteiger partial charge in [0.05, 0.1) is 22.9 Å². The lowest BCUT2D eigenvalue weighted by Crippen LogP contribution is -2.28. The summed E-state index contributed by atoms with van der Waals surface area (Å²) in [5.41, 5.74) is 3.15. The molecule has 4 atom stereocenters. The minimum atomic E-state index is -0.354. The van der Waals surface area contributed by atoms with Crippen molar-refractivity contribution in [2.45, 2.75) is 44.8 Å². The van der Waals surface area contributed by atoms with Crippen LogP contribution in [-0.4, -0.2) is 60.0 Å². The number of hydrogen-bond acceptors (Lipinski definition) is 7. The van der Waals surface area contributed by atoms with E-state index in [0.717, 1.165) is 16.9 Å². The fourth-order valence-electron chi connectivity index (χ4n) is 4.93. The van der Waals surface area contributed by atoms with Crippen LogP contribution in [0.15, 0.2) is 72.9 Å². The monoisotopic (exact) mass is 573 g/mol. The third-order valence-electron chi connectivity index (χ3n) is 6.97. The van der Waals surface area contributed by atoms with Gasteiger partial charge in [-0.25, -0.2) is 4.39 Å². The number of aromatic nitrogens is 1. The Kier molecular flexibility index (Phi) is 8.67. The van der Waals surface area contributed by atoms with Gasteiger partial charge in [0.25, 0.3) is 0 Å². The second-order valence-electron chi connectivity index (χ2n) is 11.6. The van der Waals surface area contributed by atoms with Gasteiger partial charge in [-0.3, -0.25) is 14.6 Å². The number of rotatable bonds is 9. The molecular formula is C32H36FN5O4. The second-order valence-corrected chi connectivity index (χ2v) is 11.6. The molecule has 220 valence electrons. The predicted molar refractivity (Wildman–Crippen MR) is 160 cm³/mol. The molecule has 2 aliphatic rings. The highest BCUT2D eigenvalue weighted by molar-refractivity contribution is 6.03. The Morgan fingerprint density at radius 1 is 1.02 bits per heavy atom. The van der Waals surface area contributed by atoms with Crippen molar-refractivity contribution in [1.29, 1.82) is 0 Å². The number of hydrogen-bond donors (Lipinski definition) is 3. The van der Waals surface area contributed by atoms with Crippen molar-refractivity contribution in [2.24, 2.45) is 5.92 Å². The molecule has 42 heavy (non-hydrogen) atoms. The zero-order valence-electron chi connectivity index (χ0n) is 24.1. The van der Waals surface area contributed by atoms with E-state index >= 15 is 0 Å². The van der Waals surface area contributed by atoms with Crippen LogP contribution in [0.5, 0.6) is 0 Å². The summed E-state index contributed by atoms with van der Waals surface area (Å²) in [6, 6.07) is 16.9. The molecule has 3 N–H and O–H groups in total. The predicted octanol–water partition coefficient (Wildman–Crippen LogP) is 5.07. The van der Waals surface area contributed by atoms with Crippen molar-refractivity contribution in [3.63, 3.8) is 0 Å². The summed E-state index contributed by atoms with van der Waals surface area (Å²) in [5, 5.41) is 9.05. The normalized spacial score (nSPS) is 22.2. The van der Waals surface area contributed by atoms with Crippen LogP contribution in [0.4, 0.5) is 21.5 Å². The lowest BCUT2D eigenvalue weighted by atomic mass is 9.91. The Balaban J connectivity index is 1.17. The van der Waals surface area contributed by atoms with E-state index in [9.17, 15) is 14.0 Å². The number of likely N-dealkylation sites (N-methyl/N-ethyl adjacent to an activating group) is 1. The Bertz CT molecular complexity index is 1440. The second kappa shape index (κ2) is 12.4. The molecule has 5 rings (SSSR count). The van der Waals surface area contributed by atoms with Gasteiger partial charge in [0, 0.05) is 42.7 Å². The standard InChI is InChI=1S/C32H36FN5O4/c1-32(2,3)42-31-30(41-31)37-27-8-6-5-7-26(27)36-28(39)16-10-20-9-15-25(34-17-20)23-18-38(4)19-24(23)29(40)35-22-13-11-21(33)12-14-22/h5-17,23-24,30-31,37H,18-19H2,1-4H3,(H,35,40)(H,36,39). The molecule has 0 bridgehead atoms. The number of anilines is 3.